The summed E-state index contributed by atoms with van der Waals surface area (Å²) in [6.45, 7) is 2.54. The molecule has 0 saturated carbocycles. The molecule has 0 amide bonds. The monoisotopic (exact) mass is 578 g/mol. The minimum absolute atomic E-state index is 0.283. The zero-order chi connectivity index (χ0) is 26.8. The van der Waals surface area contributed by atoms with Crippen LogP contribution in [0.3, 0.4) is 0 Å². The Bertz CT molecular complexity index is 1530. The molecule has 1 N–H and O–H groups in total. The topological polar surface area (TPSA) is 42.8 Å². The number of ether oxygens (including phenoxy) is 2. The van der Waals surface area contributed by atoms with E-state index < -0.39 is 0 Å². The van der Waals surface area contributed by atoms with Crippen molar-refractivity contribution < 1.29 is 9.47 Å². The standard InChI is InChI=1S/C34H31BrN2O2/c1-22-10-12-23(13-11-22)21-39-34-30(35)18-24(19-32(34)38-2)20-36-26-16-14-25(15-17-26)33-29-8-5-7-27(29)28-6-3-4-9-31(28)37-33/h3-7,9-20,27,29,33,37H,8,21H2,1-2H3/t27-,29+,33+/m1/s1. The van der Waals surface area contributed by atoms with Gasteiger partial charge < -0.3 is 14.8 Å². The first kappa shape index (κ1) is 25.4. The molecule has 196 valence electrons. The Labute approximate surface area is 238 Å². The average Bonchev–Trinajstić information content (AvgIpc) is 3.46. The minimum Gasteiger partial charge on any atom is -0.493 e. The van der Waals surface area contributed by atoms with E-state index in [0.717, 1.165) is 27.7 Å². The highest BCUT2D eigenvalue weighted by Crippen LogP contribution is 2.49. The molecule has 5 heteroatoms. The normalized spacial score (nSPS) is 19.4. The Morgan fingerprint density at radius 1 is 1.00 bits per heavy atom. The summed E-state index contributed by atoms with van der Waals surface area (Å²) in [5.74, 6) is 2.35. The lowest BCUT2D eigenvalue weighted by molar-refractivity contribution is 0.282. The predicted molar refractivity (Wildman–Crippen MR) is 163 cm³/mol. The van der Waals surface area contributed by atoms with Crippen molar-refractivity contribution in [2.45, 2.75) is 31.9 Å². The van der Waals surface area contributed by atoms with E-state index in [1.807, 2.05) is 18.3 Å². The first-order chi connectivity index (χ1) is 19.1. The smallest absolute Gasteiger partial charge is 0.175 e. The molecule has 6 rings (SSSR count). The first-order valence-electron chi connectivity index (χ1n) is 13.3. The largest absolute Gasteiger partial charge is 0.493 e. The number of allylic oxidation sites excluding steroid dienone is 2. The number of nitrogens with one attached hydrogen (secondary N) is 1. The van der Waals surface area contributed by atoms with Crippen molar-refractivity contribution in [2.75, 3.05) is 12.4 Å². The van der Waals surface area contributed by atoms with Crippen LogP contribution in [0.1, 0.15) is 46.2 Å². The Balaban J connectivity index is 1.16. The lowest BCUT2D eigenvalue weighted by Crippen LogP contribution is -2.28. The van der Waals surface area contributed by atoms with E-state index in [1.165, 1.54) is 22.4 Å². The molecule has 4 nitrogen and oxygen atoms in total. The Kier molecular flexibility index (Phi) is 7.25. The van der Waals surface area contributed by atoms with Crippen molar-refractivity contribution >= 4 is 33.5 Å². The molecule has 0 bridgehead atoms. The van der Waals surface area contributed by atoms with E-state index in [4.69, 9.17) is 14.5 Å². The van der Waals surface area contributed by atoms with Gasteiger partial charge in [-0.1, -0.05) is 72.3 Å². The van der Waals surface area contributed by atoms with Crippen LogP contribution in [-0.4, -0.2) is 13.3 Å². The lowest BCUT2D eigenvalue weighted by atomic mass is 9.77. The van der Waals surface area contributed by atoms with Gasteiger partial charge in [0, 0.05) is 17.8 Å². The first-order valence-corrected chi connectivity index (χ1v) is 14.1. The van der Waals surface area contributed by atoms with Gasteiger partial charge in [-0.3, -0.25) is 4.99 Å². The van der Waals surface area contributed by atoms with Crippen molar-refractivity contribution in [1.29, 1.82) is 0 Å². The summed E-state index contributed by atoms with van der Waals surface area (Å²) in [5.41, 5.74) is 8.11. The number of rotatable bonds is 7. The van der Waals surface area contributed by atoms with Gasteiger partial charge in [0.15, 0.2) is 11.5 Å². The second-order valence-electron chi connectivity index (χ2n) is 10.2. The van der Waals surface area contributed by atoms with Crippen LogP contribution in [0.4, 0.5) is 11.4 Å². The fourth-order valence-corrected chi connectivity index (χ4v) is 6.16. The highest BCUT2D eigenvalue weighted by atomic mass is 79.9. The number of halogens is 1. The molecule has 0 unspecified atom stereocenters. The van der Waals surface area contributed by atoms with Crippen molar-refractivity contribution in [3.63, 3.8) is 0 Å². The molecule has 4 aromatic rings. The summed E-state index contributed by atoms with van der Waals surface area (Å²) in [4.78, 5) is 4.74. The van der Waals surface area contributed by atoms with E-state index in [9.17, 15) is 0 Å². The molecule has 39 heavy (non-hydrogen) atoms. The molecule has 1 heterocycles. The third-order valence-corrected chi connectivity index (χ3v) is 8.23. The van der Waals surface area contributed by atoms with Crippen molar-refractivity contribution in [2.24, 2.45) is 10.9 Å². The number of benzene rings is 4. The van der Waals surface area contributed by atoms with Crippen LogP contribution in [0.15, 0.2) is 107 Å². The molecule has 0 spiro atoms. The molecular formula is C34H31BrN2O2. The molecule has 0 radical (unpaired) electrons. The number of para-hydroxylation sites is 1. The van der Waals surface area contributed by atoms with Crippen LogP contribution in [0.2, 0.25) is 0 Å². The second-order valence-corrected chi connectivity index (χ2v) is 11.1. The van der Waals surface area contributed by atoms with Gasteiger partial charge in [-0.05, 0) is 87.8 Å². The Hall–Kier alpha value is -3.83. The van der Waals surface area contributed by atoms with E-state index >= 15 is 0 Å². The molecule has 0 saturated heterocycles. The van der Waals surface area contributed by atoms with Gasteiger partial charge in [-0.25, -0.2) is 0 Å². The number of methoxy groups -OCH3 is 1. The third kappa shape index (κ3) is 5.37. The van der Waals surface area contributed by atoms with Gasteiger partial charge in [-0.2, -0.15) is 0 Å². The summed E-state index contributed by atoms with van der Waals surface area (Å²) in [7, 11) is 1.66. The van der Waals surface area contributed by atoms with Crippen LogP contribution in [0.25, 0.3) is 0 Å². The molecule has 0 aromatic heterocycles. The van der Waals surface area contributed by atoms with Crippen LogP contribution < -0.4 is 14.8 Å². The number of aliphatic imine (C=N–C) groups is 1. The number of hydrogen-bond donors (Lipinski definition) is 1. The van der Waals surface area contributed by atoms with Crippen LogP contribution in [0, 0.1) is 12.8 Å². The third-order valence-electron chi connectivity index (χ3n) is 7.64. The average molecular weight is 580 g/mol. The summed E-state index contributed by atoms with van der Waals surface area (Å²) >= 11 is 3.66. The number of hydrogen-bond acceptors (Lipinski definition) is 4. The van der Waals surface area contributed by atoms with Crippen molar-refractivity contribution in [1.82, 2.24) is 0 Å². The minimum atomic E-state index is 0.283. The van der Waals surface area contributed by atoms with Gasteiger partial charge in [-0.15, -0.1) is 0 Å². The van der Waals surface area contributed by atoms with Gasteiger partial charge >= 0.3 is 0 Å². The number of aryl methyl sites for hydroxylation is 1. The molecule has 4 aromatic carbocycles. The lowest BCUT2D eigenvalue weighted by Gasteiger charge is -2.37. The fourth-order valence-electron chi connectivity index (χ4n) is 5.58. The number of anilines is 1. The van der Waals surface area contributed by atoms with E-state index in [2.05, 4.69) is 113 Å². The summed E-state index contributed by atoms with van der Waals surface area (Å²) < 4.78 is 12.6. The Morgan fingerprint density at radius 2 is 1.79 bits per heavy atom. The maximum atomic E-state index is 6.10. The fraction of sp³-hybridized carbons (Fsp3) is 0.206. The molecule has 2 aliphatic rings. The maximum absolute atomic E-state index is 6.10. The molecular weight excluding hydrogens is 548 g/mol. The van der Waals surface area contributed by atoms with Crippen molar-refractivity contribution in [3.8, 4) is 11.5 Å². The zero-order valence-electron chi connectivity index (χ0n) is 22.1. The van der Waals surface area contributed by atoms with Crippen molar-refractivity contribution in [3.05, 3.63) is 129 Å². The number of nitrogens with zero attached hydrogens (tertiary/aromatic N) is 1. The maximum Gasteiger partial charge on any atom is 0.175 e. The molecule has 1 aliphatic heterocycles. The van der Waals surface area contributed by atoms with Gasteiger partial charge in [0.05, 0.1) is 23.3 Å². The highest BCUT2D eigenvalue weighted by Gasteiger charge is 2.37. The summed E-state index contributed by atoms with van der Waals surface area (Å²) in [6, 6.07) is 29.8. The van der Waals surface area contributed by atoms with E-state index in [1.54, 1.807) is 7.11 Å². The highest BCUT2D eigenvalue weighted by molar-refractivity contribution is 9.10. The van der Waals surface area contributed by atoms with Crippen LogP contribution >= 0.6 is 15.9 Å². The summed E-state index contributed by atoms with van der Waals surface area (Å²) in [5, 5.41) is 3.80. The SMILES string of the molecule is COc1cc(C=Nc2ccc([C@@H]3Nc4ccccc4[C@H]4C=CC[C@@H]43)cc2)cc(Br)c1OCc1ccc(C)cc1. The van der Waals surface area contributed by atoms with Gasteiger partial charge in [0.1, 0.15) is 6.61 Å². The van der Waals surface area contributed by atoms with Gasteiger partial charge in [0.2, 0.25) is 0 Å². The Morgan fingerprint density at radius 3 is 2.59 bits per heavy atom. The van der Waals surface area contributed by atoms with E-state index in [-0.39, 0.29) is 6.04 Å². The van der Waals surface area contributed by atoms with Crippen LogP contribution in [-0.2, 0) is 6.61 Å². The predicted octanol–water partition coefficient (Wildman–Crippen LogP) is 8.92. The number of fused-ring (bicyclic) bond motifs is 3. The molecule has 3 atom stereocenters. The van der Waals surface area contributed by atoms with E-state index in [0.29, 0.717) is 29.9 Å². The van der Waals surface area contributed by atoms with Crippen LogP contribution in [0.5, 0.6) is 11.5 Å². The molecule has 0 fully saturated rings. The molecule has 1 aliphatic carbocycles. The zero-order valence-corrected chi connectivity index (χ0v) is 23.7. The second kappa shape index (κ2) is 11.1. The summed E-state index contributed by atoms with van der Waals surface area (Å²) in [6.07, 6.45) is 7.66. The van der Waals surface area contributed by atoms with Gasteiger partial charge in [0.25, 0.3) is 0 Å². The quantitative estimate of drug-likeness (QED) is 0.176.